The van der Waals surface area contributed by atoms with E-state index in [9.17, 15) is 9.18 Å². The number of fused-ring (bicyclic) bond motifs is 1. The van der Waals surface area contributed by atoms with Crippen molar-refractivity contribution in [3.8, 4) is 0 Å². The van der Waals surface area contributed by atoms with E-state index in [1.807, 2.05) is 6.26 Å². The fraction of sp³-hybridized carbons (Fsp3) is 0.333. The molecule has 18 heavy (non-hydrogen) atoms. The zero-order valence-corrected chi connectivity index (χ0v) is 10.6. The molecule has 0 aromatic heterocycles. The lowest BCUT2D eigenvalue weighted by Gasteiger charge is -2.14. The van der Waals surface area contributed by atoms with E-state index in [0.717, 1.165) is 16.3 Å². The molecule has 0 saturated heterocycles. The maximum atomic E-state index is 13.2. The number of nitrogens with zero attached hydrogens (tertiary/aromatic N) is 1. The molecule has 0 radical (unpaired) electrons. The number of hydrogen-bond acceptors (Lipinski definition) is 3. The van der Waals surface area contributed by atoms with Gasteiger partial charge in [-0.1, -0.05) is 0 Å². The third-order valence-corrected chi connectivity index (χ3v) is 3.47. The van der Waals surface area contributed by atoms with Crippen molar-refractivity contribution in [2.24, 2.45) is 4.99 Å². The lowest BCUT2D eigenvalue weighted by atomic mass is 10.0. The van der Waals surface area contributed by atoms with Gasteiger partial charge >= 0.3 is 6.09 Å². The topological polar surface area (TPSA) is 61.7 Å². The summed E-state index contributed by atoms with van der Waals surface area (Å²) in [5, 5.41) is 12.1. The summed E-state index contributed by atoms with van der Waals surface area (Å²) in [7, 11) is 0. The molecule has 1 aliphatic heterocycles. The summed E-state index contributed by atoms with van der Waals surface area (Å²) in [5.74, 6) is -0.328. The van der Waals surface area contributed by atoms with Crippen molar-refractivity contribution in [3.05, 3.63) is 29.6 Å². The third-order valence-electron chi connectivity index (χ3n) is 2.74. The number of aliphatic imine (C=N–C) groups is 1. The number of carboxylic acid groups (broad SMARTS) is 1. The molecule has 0 fully saturated rings. The summed E-state index contributed by atoms with van der Waals surface area (Å²) in [6.45, 7) is 0. The zero-order chi connectivity index (χ0) is 13.1. The lowest BCUT2D eigenvalue weighted by Crippen LogP contribution is -2.36. The summed E-state index contributed by atoms with van der Waals surface area (Å²) in [6, 6.07) is 4.14. The first-order valence-electron chi connectivity index (χ1n) is 5.48. The van der Waals surface area contributed by atoms with Crippen LogP contribution >= 0.6 is 11.8 Å². The number of halogens is 1. The van der Waals surface area contributed by atoms with Gasteiger partial charge in [-0.3, -0.25) is 0 Å². The van der Waals surface area contributed by atoms with Gasteiger partial charge in [0.2, 0.25) is 0 Å². The van der Waals surface area contributed by atoms with Crippen LogP contribution in [0.5, 0.6) is 0 Å². The monoisotopic (exact) mass is 268 g/mol. The number of rotatable bonds is 1. The minimum atomic E-state index is -1.07. The third kappa shape index (κ3) is 3.01. The zero-order valence-electron chi connectivity index (χ0n) is 9.81. The average molecular weight is 268 g/mol. The number of thioether (sulfide) groups is 1. The predicted molar refractivity (Wildman–Crippen MR) is 70.3 cm³/mol. The van der Waals surface area contributed by atoms with Crippen LogP contribution in [-0.2, 0) is 6.42 Å². The van der Waals surface area contributed by atoms with Crippen molar-refractivity contribution >= 4 is 28.6 Å². The molecule has 1 aromatic rings. The van der Waals surface area contributed by atoms with Crippen molar-refractivity contribution in [3.63, 3.8) is 0 Å². The summed E-state index contributed by atoms with van der Waals surface area (Å²) < 4.78 is 13.2. The maximum Gasteiger partial charge on any atom is 0.404 e. The van der Waals surface area contributed by atoms with E-state index < -0.39 is 6.09 Å². The van der Waals surface area contributed by atoms with Gasteiger partial charge in [0.15, 0.2) is 0 Å². The van der Waals surface area contributed by atoms with Crippen molar-refractivity contribution < 1.29 is 14.3 Å². The van der Waals surface area contributed by atoms with Crippen molar-refractivity contribution in [2.45, 2.75) is 18.9 Å². The van der Waals surface area contributed by atoms with Gasteiger partial charge in [0.25, 0.3) is 0 Å². The molecular formula is C12H13FN2O2S. The van der Waals surface area contributed by atoms with Gasteiger partial charge in [-0.05, 0) is 36.4 Å². The Kier molecular flexibility index (Phi) is 3.86. The Bertz CT molecular complexity index is 505. The van der Waals surface area contributed by atoms with Crippen LogP contribution in [0.25, 0.3) is 0 Å². The van der Waals surface area contributed by atoms with Crippen LogP contribution in [0.4, 0.5) is 14.9 Å². The molecule has 1 amide bonds. The SMILES string of the molecule is CSC1=Nc2ccc(F)cc2CC(NC(=O)O)C1. The van der Waals surface area contributed by atoms with Gasteiger partial charge in [-0.25, -0.2) is 14.2 Å². The molecule has 0 bridgehead atoms. The average Bonchev–Trinajstić information content (AvgIpc) is 2.46. The van der Waals surface area contributed by atoms with Crippen molar-refractivity contribution in [1.29, 1.82) is 0 Å². The van der Waals surface area contributed by atoms with E-state index in [0.29, 0.717) is 12.8 Å². The van der Waals surface area contributed by atoms with Gasteiger partial charge in [0.05, 0.1) is 10.7 Å². The molecule has 2 rings (SSSR count). The first kappa shape index (κ1) is 12.9. The van der Waals surface area contributed by atoms with Crippen LogP contribution in [0.1, 0.15) is 12.0 Å². The molecule has 0 saturated carbocycles. The van der Waals surface area contributed by atoms with Crippen LogP contribution in [0.15, 0.2) is 23.2 Å². The van der Waals surface area contributed by atoms with E-state index in [1.54, 1.807) is 6.07 Å². The molecule has 1 aromatic carbocycles. The van der Waals surface area contributed by atoms with E-state index in [-0.39, 0.29) is 11.9 Å². The minimum Gasteiger partial charge on any atom is -0.465 e. The quantitative estimate of drug-likeness (QED) is 0.823. The number of carbonyl (C=O) groups is 1. The van der Waals surface area contributed by atoms with Crippen molar-refractivity contribution in [2.75, 3.05) is 6.26 Å². The normalized spacial score (nSPS) is 18.6. The highest BCUT2D eigenvalue weighted by Gasteiger charge is 2.20. The van der Waals surface area contributed by atoms with E-state index in [2.05, 4.69) is 10.3 Å². The van der Waals surface area contributed by atoms with E-state index in [1.165, 1.54) is 23.9 Å². The fourth-order valence-electron chi connectivity index (χ4n) is 1.96. The number of hydrogen-bond donors (Lipinski definition) is 2. The van der Waals surface area contributed by atoms with E-state index in [4.69, 9.17) is 5.11 Å². The van der Waals surface area contributed by atoms with Gasteiger partial charge in [-0.2, -0.15) is 0 Å². The summed E-state index contributed by atoms with van der Waals surface area (Å²) >= 11 is 1.48. The summed E-state index contributed by atoms with van der Waals surface area (Å²) in [4.78, 5) is 15.2. The second kappa shape index (κ2) is 5.39. The second-order valence-electron chi connectivity index (χ2n) is 4.04. The highest BCUT2D eigenvalue weighted by molar-refractivity contribution is 8.13. The minimum absolute atomic E-state index is 0.267. The van der Waals surface area contributed by atoms with Gasteiger partial charge < -0.3 is 10.4 Å². The highest BCUT2D eigenvalue weighted by Crippen LogP contribution is 2.28. The molecule has 1 unspecified atom stereocenters. The maximum absolute atomic E-state index is 13.2. The Morgan fingerprint density at radius 3 is 3.00 bits per heavy atom. The Morgan fingerprint density at radius 2 is 2.33 bits per heavy atom. The smallest absolute Gasteiger partial charge is 0.404 e. The van der Waals surface area contributed by atoms with Gasteiger partial charge in [-0.15, -0.1) is 11.8 Å². The predicted octanol–water partition coefficient (Wildman–Crippen LogP) is 2.80. The number of nitrogens with one attached hydrogen (secondary N) is 1. The van der Waals surface area contributed by atoms with Gasteiger partial charge in [0, 0.05) is 12.5 Å². The van der Waals surface area contributed by atoms with Crippen LogP contribution in [0, 0.1) is 5.82 Å². The molecule has 4 nitrogen and oxygen atoms in total. The van der Waals surface area contributed by atoms with Crippen LogP contribution < -0.4 is 5.32 Å². The largest absolute Gasteiger partial charge is 0.465 e. The fourth-order valence-corrected chi connectivity index (χ4v) is 2.52. The van der Waals surface area contributed by atoms with Crippen LogP contribution in [0.3, 0.4) is 0 Å². The van der Waals surface area contributed by atoms with E-state index >= 15 is 0 Å². The van der Waals surface area contributed by atoms with Crippen LogP contribution in [0.2, 0.25) is 0 Å². The second-order valence-corrected chi connectivity index (χ2v) is 4.92. The molecule has 1 heterocycles. The molecule has 1 atom stereocenters. The van der Waals surface area contributed by atoms with Gasteiger partial charge in [0.1, 0.15) is 5.82 Å². The Balaban J connectivity index is 2.34. The molecule has 2 N–H and O–H groups in total. The molecule has 96 valence electrons. The Hall–Kier alpha value is -1.56. The molecule has 1 aliphatic rings. The Morgan fingerprint density at radius 1 is 1.56 bits per heavy atom. The molecular weight excluding hydrogens is 255 g/mol. The molecule has 0 aliphatic carbocycles. The Labute approximate surface area is 108 Å². The standard InChI is InChI=1S/C12H13FN2O2S/c1-18-11-6-9(14-12(16)17)5-7-4-8(13)2-3-10(7)15-11/h2-4,9,14H,5-6H2,1H3,(H,16,17). The lowest BCUT2D eigenvalue weighted by molar-refractivity contribution is 0.190. The molecule has 0 spiro atoms. The molecule has 6 heteroatoms. The van der Waals surface area contributed by atoms with Crippen molar-refractivity contribution in [1.82, 2.24) is 5.32 Å². The summed E-state index contributed by atoms with van der Waals surface area (Å²) in [5.41, 5.74) is 1.45. The van der Waals surface area contributed by atoms with Crippen LogP contribution in [-0.4, -0.2) is 28.5 Å². The number of amides is 1. The summed E-state index contributed by atoms with van der Waals surface area (Å²) in [6.07, 6.45) is 1.81. The number of benzene rings is 1. The first-order chi connectivity index (χ1) is 8.58. The first-order valence-corrected chi connectivity index (χ1v) is 6.70. The highest BCUT2D eigenvalue weighted by atomic mass is 32.2.